The Labute approximate surface area is 217 Å². The molecule has 3 heterocycles. The number of hydrogen-bond donors (Lipinski definition) is 2. The number of benzene rings is 1. The van der Waals surface area contributed by atoms with E-state index in [1.54, 1.807) is 37.4 Å². The van der Waals surface area contributed by atoms with Gasteiger partial charge in [0.05, 0.1) is 12.8 Å². The third-order valence-corrected chi connectivity index (χ3v) is 6.38. The molecule has 1 aliphatic heterocycles. The molecule has 5 rings (SSSR count). The topological polar surface area (TPSA) is 105 Å². The average Bonchev–Trinajstić information content (AvgIpc) is 2.99. The van der Waals surface area contributed by atoms with Crippen LogP contribution in [0.1, 0.15) is 41.0 Å². The molecule has 2 aliphatic rings. The minimum absolute atomic E-state index is 0.103. The monoisotopic (exact) mass is 518 g/mol. The summed E-state index contributed by atoms with van der Waals surface area (Å²) in [6.07, 6.45) is 0.820. The molecule has 1 fully saturated rings. The summed E-state index contributed by atoms with van der Waals surface area (Å²) in [6.45, 7) is 0. The van der Waals surface area contributed by atoms with Gasteiger partial charge in [-0.2, -0.15) is 0 Å². The van der Waals surface area contributed by atoms with E-state index in [0.717, 1.165) is 5.56 Å². The van der Waals surface area contributed by atoms with E-state index in [0.29, 0.717) is 30.2 Å². The number of carbonyl (C=O) groups excluding carboxylic acids is 2. The van der Waals surface area contributed by atoms with Crippen LogP contribution in [0.3, 0.4) is 0 Å². The van der Waals surface area contributed by atoms with Crippen molar-refractivity contribution in [3.05, 3.63) is 77.7 Å². The highest BCUT2D eigenvalue weighted by atomic mass is 19.3. The molecular formula is C28H24F2N4O4. The number of likely N-dealkylation sites (N-methyl/N-ethyl adjacent to an activating group) is 1. The zero-order valence-corrected chi connectivity index (χ0v) is 20.4. The molecule has 1 aromatic carbocycles. The summed E-state index contributed by atoms with van der Waals surface area (Å²) in [7, 11) is 1.54. The number of nitrogens with zero attached hydrogens (tertiary/aromatic N) is 3. The average molecular weight is 519 g/mol. The summed E-state index contributed by atoms with van der Waals surface area (Å²) in [5.74, 6) is 2.72. The first-order valence-corrected chi connectivity index (χ1v) is 12.0. The normalized spacial score (nSPS) is 19.2. The molecule has 2 aromatic heterocycles. The molecule has 0 saturated heterocycles. The molecule has 38 heavy (non-hydrogen) atoms. The number of ether oxygens (including phenoxy) is 1. The van der Waals surface area contributed by atoms with E-state index in [-0.39, 0.29) is 17.3 Å². The van der Waals surface area contributed by atoms with Crippen LogP contribution in [0.2, 0.25) is 0 Å². The number of aryl methyl sites for hydroxylation is 1. The molecule has 194 valence electrons. The summed E-state index contributed by atoms with van der Waals surface area (Å²) in [6, 6.07) is 14.8. The van der Waals surface area contributed by atoms with Crippen molar-refractivity contribution in [2.24, 2.45) is 0 Å². The number of carbonyl (C=O) groups is 2. The maximum atomic E-state index is 13.2. The number of anilines is 1. The number of fused-ring (bicyclic) bond motifs is 1. The van der Waals surface area contributed by atoms with Gasteiger partial charge in [-0.05, 0) is 48.6 Å². The smallest absolute Gasteiger partial charge is 0.270 e. The lowest BCUT2D eigenvalue weighted by atomic mass is 9.77. The Hall–Kier alpha value is -4.36. The summed E-state index contributed by atoms with van der Waals surface area (Å²) in [4.78, 5) is 36.0. The lowest BCUT2D eigenvalue weighted by Crippen LogP contribution is -2.50. The Morgan fingerprint density at radius 3 is 2.66 bits per heavy atom. The van der Waals surface area contributed by atoms with Crippen LogP contribution in [-0.4, -0.2) is 51.5 Å². The van der Waals surface area contributed by atoms with Gasteiger partial charge in [-0.15, -0.1) is 0 Å². The van der Waals surface area contributed by atoms with Gasteiger partial charge in [-0.25, -0.2) is 13.8 Å². The second-order valence-electron chi connectivity index (χ2n) is 9.42. The van der Waals surface area contributed by atoms with Crippen molar-refractivity contribution in [2.45, 2.75) is 43.2 Å². The Bertz CT molecular complexity index is 1440. The molecule has 0 spiro atoms. The molecule has 2 amide bonds. The summed E-state index contributed by atoms with van der Waals surface area (Å²) < 4.78 is 32.0. The first-order chi connectivity index (χ1) is 18.1. The molecule has 1 atom stereocenters. The molecule has 0 bridgehead atoms. The van der Waals surface area contributed by atoms with Crippen molar-refractivity contribution in [2.75, 3.05) is 11.9 Å². The van der Waals surface area contributed by atoms with Gasteiger partial charge in [0.25, 0.3) is 11.8 Å². The highest BCUT2D eigenvalue weighted by Crippen LogP contribution is 2.45. The fourth-order valence-corrected chi connectivity index (χ4v) is 4.46. The zero-order valence-electron chi connectivity index (χ0n) is 20.4. The third kappa shape index (κ3) is 5.48. The molecule has 1 saturated carbocycles. The Morgan fingerprint density at radius 2 is 1.92 bits per heavy atom. The maximum Gasteiger partial charge on any atom is 0.270 e. The SMILES string of the molecule is CN1C(=O)C(NC(=O)c2cc(Oc3ccccc3)ccn2)CCc2ccc(C#CC3(O)CC(F)(F)C3)nc21. The number of para-hydroxylation sites is 1. The predicted molar refractivity (Wildman–Crippen MR) is 134 cm³/mol. The van der Waals surface area contributed by atoms with E-state index in [4.69, 9.17) is 4.74 Å². The van der Waals surface area contributed by atoms with Crippen LogP contribution >= 0.6 is 0 Å². The lowest BCUT2D eigenvalue weighted by molar-refractivity contribution is -0.176. The number of alkyl halides is 2. The molecule has 2 N–H and O–H groups in total. The van der Waals surface area contributed by atoms with E-state index in [9.17, 15) is 23.5 Å². The van der Waals surface area contributed by atoms with Crippen LogP contribution in [-0.2, 0) is 11.2 Å². The van der Waals surface area contributed by atoms with E-state index < -0.39 is 36.3 Å². The third-order valence-electron chi connectivity index (χ3n) is 6.38. The molecule has 10 heteroatoms. The van der Waals surface area contributed by atoms with E-state index >= 15 is 0 Å². The number of aromatic nitrogens is 2. The molecule has 8 nitrogen and oxygen atoms in total. The van der Waals surface area contributed by atoms with Gasteiger partial charge in [0.2, 0.25) is 5.91 Å². The number of hydrogen-bond acceptors (Lipinski definition) is 6. The number of amides is 2. The fraction of sp³-hybridized carbons (Fsp3) is 0.286. The molecule has 1 unspecified atom stereocenters. The van der Waals surface area contributed by atoms with Gasteiger partial charge >= 0.3 is 0 Å². The number of aliphatic hydroxyl groups is 1. The van der Waals surface area contributed by atoms with Gasteiger partial charge in [0, 0.05) is 19.3 Å². The number of pyridine rings is 2. The van der Waals surface area contributed by atoms with Gasteiger partial charge < -0.3 is 15.2 Å². The number of nitrogens with one attached hydrogen (secondary N) is 1. The number of halogens is 2. The van der Waals surface area contributed by atoms with Crippen molar-refractivity contribution < 1.29 is 28.2 Å². The van der Waals surface area contributed by atoms with Gasteiger partial charge in [0.1, 0.15) is 40.3 Å². The van der Waals surface area contributed by atoms with Gasteiger partial charge in [0.15, 0.2) is 0 Å². The van der Waals surface area contributed by atoms with Crippen molar-refractivity contribution in [1.29, 1.82) is 0 Å². The summed E-state index contributed by atoms with van der Waals surface area (Å²) in [5, 5.41) is 12.8. The van der Waals surface area contributed by atoms with Crippen molar-refractivity contribution >= 4 is 17.6 Å². The number of rotatable bonds is 4. The highest BCUT2D eigenvalue weighted by molar-refractivity contribution is 6.02. The summed E-state index contributed by atoms with van der Waals surface area (Å²) in [5.41, 5.74) is -0.625. The predicted octanol–water partition coefficient (Wildman–Crippen LogP) is 3.49. The van der Waals surface area contributed by atoms with Crippen LogP contribution in [0.25, 0.3) is 0 Å². The minimum atomic E-state index is -2.91. The quantitative estimate of drug-likeness (QED) is 0.513. The van der Waals surface area contributed by atoms with Crippen molar-refractivity contribution in [1.82, 2.24) is 15.3 Å². The van der Waals surface area contributed by atoms with Crippen LogP contribution in [0.5, 0.6) is 11.5 Å². The first kappa shape index (κ1) is 25.3. The molecule has 3 aromatic rings. The van der Waals surface area contributed by atoms with Crippen molar-refractivity contribution in [3.8, 4) is 23.3 Å². The Balaban J connectivity index is 1.28. The second kappa shape index (κ2) is 9.84. The largest absolute Gasteiger partial charge is 0.457 e. The highest BCUT2D eigenvalue weighted by Gasteiger charge is 2.55. The molecule has 1 aliphatic carbocycles. The van der Waals surface area contributed by atoms with Crippen LogP contribution in [0.15, 0.2) is 60.8 Å². The standard InChI is InChI=1S/C28H24F2N4O4/c1-34-24-18(7-9-19(32-24)11-13-27(37)16-28(29,30)17-27)8-10-22(26(34)36)33-25(35)23-15-21(12-14-31-23)38-20-5-3-2-4-6-20/h2-7,9,12,14-15,22,37H,8,10,16-17H2,1H3,(H,33,35). The van der Waals surface area contributed by atoms with Gasteiger partial charge in [-0.1, -0.05) is 30.2 Å². The first-order valence-electron chi connectivity index (χ1n) is 12.0. The Kier molecular flexibility index (Phi) is 6.55. The van der Waals surface area contributed by atoms with Crippen LogP contribution in [0.4, 0.5) is 14.6 Å². The van der Waals surface area contributed by atoms with Crippen LogP contribution in [0, 0.1) is 11.8 Å². The zero-order chi connectivity index (χ0) is 26.9. The van der Waals surface area contributed by atoms with E-state index in [2.05, 4.69) is 27.1 Å². The van der Waals surface area contributed by atoms with E-state index in [1.165, 1.54) is 17.2 Å². The molecular weight excluding hydrogens is 494 g/mol. The Morgan fingerprint density at radius 1 is 1.16 bits per heavy atom. The fourth-order valence-electron chi connectivity index (χ4n) is 4.46. The minimum Gasteiger partial charge on any atom is -0.457 e. The van der Waals surface area contributed by atoms with E-state index in [1.807, 2.05) is 18.2 Å². The molecule has 0 radical (unpaired) electrons. The van der Waals surface area contributed by atoms with Gasteiger partial charge in [-0.3, -0.25) is 19.5 Å². The van der Waals surface area contributed by atoms with Crippen molar-refractivity contribution in [3.63, 3.8) is 0 Å². The lowest BCUT2D eigenvalue weighted by Gasteiger charge is -2.39. The summed E-state index contributed by atoms with van der Waals surface area (Å²) >= 11 is 0. The maximum absolute atomic E-state index is 13.2. The second-order valence-corrected chi connectivity index (χ2v) is 9.42. The van der Waals surface area contributed by atoms with Crippen LogP contribution < -0.4 is 15.0 Å².